The van der Waals surface area contributed by atoms with E-state index in [9.17, 15) is 0 Å². The summed E-state index contributed by atoms with van der Waals surface area (Å²) in [7, 11) is 0. The minimum atomic E-state index is 1.05. The summed E-state index contributed by atoms with van der Waals surface area (Å²) in [6, 6.07) is 84.4. The Morgan fingerprint density at radius 3 is 0.918 bits per heavy atom. The van der Waals surface area contributed by atoms with Crippen LogP contribution < -0.4 is 5.32 Å². The highest BCUT2D eigenvalue weighted by Gasteiger charge is 2.13. The number of hydrogen-bond acceptors (Lipinski definition) is 1. The largest absolute Gasteiger partial charge is 0.355 e. The van der Waals surface area contributed by atoms with E-state index in [1.807, 2.05) is 0 Å². The number of nitrogens with one attached hydrogen (secondary N) is 1. The van der Waals surface area contributed by atoms with Gasteiger partial charge in [0.15, 0.2) is 0 Å². The molecule has 0 spiro atoms. The molecule has 0 amide bonds. The zero-order valence-corrected chi connectivity index (χ0v) is 33.4. The molecule has 0 bridgehead atoms. The summed E-state index contributed by atoms with van der Waals surface area (Å²) in [5, 5.41) is 18.9. The number of anilines is 2. The van der Waals surface area contributed by atoms with Crippen molar-refractivity contribution < 1.29 is 0 Å². The van der Waals surface area contributed by atoms with E-state index in [2.05, 4.69) is 236 Å². The lowest BCUT2D eigenvalue weighted by atomic mass is 9.91. The first kappa shape index (κ1) is 35.0. The molecule has 0 aromatic heterocycles. The highest BCUT2D eigenvalue weighted by molar-refractivity contribution is 6.12. The highest BCUT2D eigenvalue weighted by atomic mass is 14.9. The predicted molar refractivity (Wildman–Crippen MR) is 263 cm³/mol. The van der Waals surface area contributed by atoms with Crippen LogP contribution in [-0.2, 0) is 0 Å². The summed E-state index contributed by atoms with van der Waals surface area (Å²) in [5.41, 5.74) is 11.8. The molecule has 0 fully saturated rings. The van der Waals surface area contributed by atoms with Gasteiger partial charge < -0.3 is 5.32 Å². The van der Waals surface area contributed by atoms with Crippen molar-refractivity contribution in [3.05, 3.63) is 231 Å². The van der Waals surface area contributed by atoms with Gasteiger partial charge in [0.05, 0.1) is 0 Å². The SMILES string of the molecule is c1cc(Nc2cccc(-c3cccc4c(-c5ccc6ccc7ccccc7c6c5)cccc34)c2)cc(-c2cccc3c(-c4ccc5ccc6ccccc6c5c4)cccc23)c1. The molecule has 284 valence electrons. The molecule has 0 heterocycles. The number of hydrogen-bond donors (Lipinski definition) is 1. The van der Waals surface area contributed by atoms with Crippen molar-refractivity contribution in [3.63, 3.8) is 0 Å². The second-order valence-corrected chi connectivity index (χ2v) is 16.1. The molecule has 12 rings (SSSR count). The number of benzene rings is 12. The monoisotopic (exact) mass is 773 g/mol. The van der Waals surface area contributed by atoms with Crippen LogP contribution in [0.4, 0.5) is 11.4 Å². The third-order valence-corrected chi connectivity index (χ3v) is 12.6. The molecule has 12 aromatic rings. The molecule has 0 radical (unpaired) electrons. The second kappa shape index (κ2) is 14.4. The van der Waals surface area contributed by atoms with Crippen LogP contribution in [-0.4, -0.2) is 0 Å². The van der Waals surface area contributed by atoms with E-state index < -0.39 is 0 Å². The van der Waals surface area contributed by atoms with Crippen LogP contribution in [0.15, 0.2) is 231 Å². The Morgan fingerprint density at radius 1 is 0.197 bits per heavy atom. The maximum absolute atomic E-state index is 3.76. The standard InChI is InChI=1S/C60H39N/c1-3-17-49-39(11-1)27-29-41-31-33-45(37-59(41)49)53-21-9-23-55-51(19-7-25-57(53)55)43-13-5-15-47(35-43)61-48-16-6-14-44(36-48)52-20-8-26-58-54(22-10-24-56(52)58)46-34-32-42-30-28-40-12-2-4-18-50(40)60(42)38-46/h1-38,61H. The molecule has 0 aliphatic carbocycles. The van der Waals surface area contributed by atoms with Crippen LogP contribution in [0.25, 0.3) is 109 Å². The van der Waals surface area contributed by atoms with E-state index in [1.54, 1.807) is 0 Å². The van der Waals surface area contributed by atoms with E-state index in [0.29, 0.717) is 0 Å². The molecule has 12 aromatic carbocycles. The summed E-state index contributed by atoms with van der Waals surface area (Å²) in [4.78, 5) is 0. The predicted octanol–water partition coefficient (Wildman–Crippen LogP) is 17.0. The zero-order chi connectivity index (χ0) is 40.3. The van der Waals surface area contributed by atoms with Crippen LogP contribution in [0.1, 0.15) is 0 Å². The van der Waals surface area contributed by atoms with Gasteiger partial charge in [-0.2, -0.15) is 0 Å². The van der Waals surface area contributed by atoms with E-state index in [0.717, 1.165) is 11.4 Å². The van der Waals surface area contributed by atoms with Gasteiger partial charge in [0.1, 0.15) is 0 Å². The van der Waals surface area contributed by atoms with Gasteiger partial charge in [-0.15, -0.1) is 0 Å². The Morgan fingerprint density at radius 2 is 0.508 bits per heavy atom. The van der Waals surface area contributed by atoms with Gasteiger partial charge in [-0.25, -0.2) is 0 Å². The van der Waals surface area contributed by atoms with Crippen molar-refractivity contribution in [2.75, 3.05) is 5.32 Å². The van der Waals surface area contributed by atoms with Crippen LogP contribution in [0.2, 0.25) is 0 Å². The molecular formula is C60H39N. The Kier molecular flexibility index (Phi) is 8.25. The fourth-order valence-electron chi connectivity index (χ4n) is 9.66. The van der Waals surface area contributed by atoms with Gasteiger partial charge in [0, 0.05) is 11.4 Å². The second-order valence-electron chi connectivity index (χ2n) is 16.1. The lowest BCUT2D eigenvalue weighted by Crippen LogP contribution is -1.92. The quantitative estimate of drug-likeness (QED) is 0.166. The molecule has 0 aliphatic heterocycles. The average Bonchev–Trinajstić information content (AvgIpc) is 3.33. The van der Waals surface area contributed by atoms with Crippen molar-refractivity contribution in [2.24, 2.45) is 0 Å². The van der Waals surface area contributed by atoms with Crippen LogP contribution in [0, 0.1) is 0 Å². The topological polar surface area (TPSA) is 12.0 Å². The third kappa shape index (κ3) is 6.10. The fourth-order valence-corrected chi connectivity index (χ4v) is 9.66. The lowest BCUT2D eigenvalue weighted by molar-refractivity contribution is 1.54. The van der Waals surface area contributed by atoms with Crippen molar-refractivity contribution in [1.82, 2.24) is 0 Å². The molecule has 0 aliphatic rings. The number of rotatable bonds is 6. The minimum Gasteiger partial charge on any atom is -0.355 e. The highest BCUT2D eigenvalue weighted by Crippen LogP contribution is 2.40. The zero-order valence-electron chi connectivity index (χ0n) is 33.4. The van der Waals surface area contributed by atoms with Gasteiger partial charge >= 0.3 is 0 Å². The van der Waals surface area contributed by atoms with E-state index in [-0.39, 0.29) is 0 Å². The molecule has 61 heavy (non-hydrogen) atoms. The summed E-state index contributed by atoms with van der Waals surface area (Å²) < 4.78 is 0. The molecule has 0 saturated carbocycles. The molecule has 0 atom stereocenters. The fraction of sp³-hybridized carbons (Fsp3) is 0. The first-order chi connectivity index (χ1) is 30.2. The minimum absolute atomic E-state index is 1.05. The van der Waals surface area contributed by atoms with Gasteiger partial charge in [-0.05, 0) is 146 Å². The Labute approximate surface area is 354 Å². The van der Waals surface area contributed by atoms with Crippen molar-refractivity contribution in [2.45, 2.75) is 0 Å². The lowest BCUT2D eigenvalue weighted by Gasteiger charge is -2.15. The van der Waals surface area contributed by atoms with Crippen LogP contribution >= 0.6 is 0 Å². The number of fused-ring (bicyclic) bond motifs is 8. The third-order valence-electron chi connectivity index (χ3n) is 12.6. The molecule has 0 unspecified atom stereocenters. The van der Waals surface area contributed by atoms with Gasteiger partial charge in [-0.3, -0.25) is 0 Å². The van der Waals surface area contributed by atoms with Gasteiger partial charge in [0.25, 0.3) is 0 Å². The Bertz CT molecular complexity index is 3440. The maximum Gasteiger partial charge on any atom is 0.0390 e. The average molecular weight is 774 g/mol. The van der Waals surface area contributed by atoms with Crippen molar-refractivity contribution >= 4 is 76.0 Å². The van der Waals surface area contributed by atoms with Gasteiger partial charge in [-0.1, -0.05) is 194 Å². The maximum atomic E-state index is 3.76. The summed E-state index contributed by atoms with van der Waals surface area (Å²) in [6.07, 6.45) is 0. The smallest absolute Gasteiger partial charge is 0.0390 e. The molecule has 1 heteroatoms. The van der Waals surface area contributed by atoms with E-state index >= 15 is 0 Å². The van der Waals surface area contributed by atoms with Gasteiger partial charge in [0.2, 0.25) is 0 Å². The molecule has 1 nitrogen and oxygen atoms in total. The molecule has 1 N–H and O–H groups in total. The van der Waals surface area contributed by atoms with Crippen molar-refractivity contribution in [3.8, 4) is 44.5 Å². The summed E-state index contributed by atoms with van der Waals surface area (Å²) in [5.74, 6) is 0. The van der Waals surface area contributed by atoms with Crippen LogP contribution in [0.5, 0.6) is 0 Å². The van der Waals surface area contributed by atoms with Crippen molar-refractivity contribution in [1.29, 1.82) is 0 Å². The van der Waals surface area contributed by atoms with E-state index in [4.69, 9.17) is 0 Å². The Balaban J connectivity index is 0.874. The first-order valence-electron chi connectivity index (χ1n) is 21.1. The van der Waals surface area contributed by atoms with E-state index in [1.165, 1.54) is 109 Å². The summed E-state index contributed by atoms with van der Waals surface area (Å²) in [6.45, 7) is 0. The molecule has 0 saturated heterocycles. The molecular weight excluding hydrogens is 735 g/mol. The summed E-state index contributed by atoms with van der Waals surface area (Å²) >= 11 is 0. The Hall–Kier alpha value is -8.00. The van der Waals surface area contributed by atoms with Crippen LogP contribution in [0.3, 0.4) is 0 Å². The normalized spacial score (nSPS) is 11.6. The first-order valence-corrected chi connectivity index (χ1v) is 21.1.